The molecule has 5 heteroatoms. The highest BCUT2D eigenvalue weighted by Crippen LogP contribution is 2.20. The van der Waals surface area contributed by atoms with Gasteiger partial charge in [-0.15, -0.1) is 0 Å². The van der Waals surface area contributed by atoms with Crippen LogP contribution in [0.3, 0.4) is 0 Å². The van der Waals surface area contributed by atoms with Crippen LogP contribution in [-0.4, -0.2) is 46.4 Å². The van der Waals surface area contributed by atoms with Crippen LogP contribution < -0.4 is 4.90 Å². The zero-order valence-electron chi connectivity index (χ0n) is 15.4. The Balaban J connectivity index is 1.54. The minimum absolute atomic E-state index is 0.0874. The lowest BCUT2D eigenvalue weighted by Crippen LogP contribution is -2.49. The van der Waals surface area contributed by atoms with Gasteiger partial charge >= 0.3 is 0 Å². The molecule has 0 atom stereocenters. The molecule has 26 heavy (non-hydrogen) atoms. The number of carbonyl (C=O) groups is 1. The molecule has 0 saturated carbocycles. The number of piperazine rings is 1. The molecule has 1 amide bonds. The van der Waals surface area contributed by atoms with E-state index in [0.717, 1.165) is 43.9 Å². The second-order valence-corrected chi connectivity index (χ2v) is 6.81. The summed E-state index contributed by atoms with van der Waals surface area (Å²) in [4.78, 5) is 22.1. The number of nitrogens with zero attached hydrogens (tertiary/aromatic N) is 4. The van der Waals surface area contributed by atoms with Gasteiger partial charge in [-0.05, 0) is 43.2 Å². The van der Waals surface area contributed by atoms with Gasteiger partial charge in [0.25, 0.3) is 5.91 Å². The van der Waals surface area contributed by atoms with Crippen LogP contribution in [0.5, 0.6) is 0 Å². The van der Waals surface area contributed by atoms with Crippen molar-refractivity contribution in [1.29, 1.82) is 0 Å². The molecule has 4 rings (SSSR count). The monoisotopic (exact) mass is 348 g/mol. The number of rotatable bonds is 3. The highest BCUT2D eigenvalue weighted by Gasteiger charge is 2.26. The Kier molecular flexibility index (Phi) is 4.37. The molecule has 0 bridgehead atoms. The SMILES string of the molecule is CCc1nc2ccccn2c1C(=O)N1CCN(c2cccc(C)c2)CC1. The molecular formula is C21H24N4O. The standard InChI is InChI=1S/C21H24N4O/c1-3-18-20(25-10-5-4-9-19(25)22-18)21(26)24-13-11-23(12-14-24)17-8-6-7-16(2)15-17/h4-10,15H,3,11-14H2,1-2H3. The zero-order chi connectivity index (χ0) is 18.1. The van der Waals surface area contributed by atoms with E-state index in [-0.39, 0.29) is 5.91 Å². The lowest BCUT2D eigenvalue weighted by atomic mass is 10.1. The summed E-state index contributed by atoms with van der Waals surface area (Å²) in [6.45, 7) is 7.33. The van der Waals surface area contributed by atoms with Gasteiger partial charge in [-0.1, -0.05) is 25.1 Å². The Labute approximate surface area is 153 Å². The molecule has 2 aromatic heterocycles. The highest BCUT2D eigenvalue weighted by atomic mass is 16.2. The molecule has 0 unspecified atom stereocenters. The Hall–Kier alpha value is -2.82. The van der Waals surface area contributed by atoms with Crippen molar-refractivity contribution in [3.8, 4) is 0 Å². The van der Waals surface area contributed by atoms with Crippen LogP contribution in [0.4, 0.5) is 5.69 Å². The molecule has 1 aliphatic heterocycles. The van der Waals surface area contributed by atoms with Crippen LogP contribution >= 0.6 is 0 Å². The van der Waals surface area contributed by atoms with E-state index in [0.29, 0.717) is 5.69 Å². The fourth-order valence-corrected chi connectivity index (χ4v) is 3.66. The summed E-state index contributed by atoms with van der Waals surface area (Å²) in [6, 6.07) is 14.4. The Bertz CT molecular complexity index is 938. The molecule has 5 nitrogen and oxygen atoms in total. The van der Waals surface area contributed by atoms with Crippen LogP contribution in [0, 0.1) is 6.92 Å². The lowest BCUT2D eigenvalue weighted by molar-refractivity contribution is 0.0738. The molecule has 134 valence electrons. The van der Waals surface area contributed by atoms with E-state index in [2.05, 4.69) is 41.1 Å². The third kappa shape index (κ3) is 2.94. The molecule has 3 aromatic rings. The van der Waals surface area contributed by atoms with E-state index in [1.807, 2.05) is 40.6 Å². The summed E-state index contributed by atoms with van der Waals surface area (Å²) in [7, 11) is 0. The van der Waals surface area contributed by atoms with Crippen LogP contribution in [0.1, 0.15) is 28.7 Å². The number of hydrogen-bond acceptors (Lipinski definition) is 3. The third-order valence-corrected chi connectivity index (χ3v) is 5.07. The number of aryl methyl sites for hydroxylation is 2. The van der Waals surface area contributed by atoms with E-state index in [1.54, 1.807) is 0 Å². The van der Waals surface area contributed by atoms with Crippen LogP contribution in [-0.2, 0) is 6.42 Å². The normalized spacial score (nSPS) is 14.8. The lowest BCUT2D eigenvalue weighted by Gasteiger charge is -2.36. The predicted molar refractivity (Wildman–Crippen MR) is 104 cm³/mol. The maximum atomic E-state index is 13.2. The molecule has 0 radical (unpaired) electrons. The highest BCUT2D eigenvalue weighted by molar-refractivity contribution is 5.95. The van der Waals surface area contributed by atoms with Crippen LogP contribution in [0.15, 0.2) is 48.7 Å². The minimum Gasteiger partial charge on any atom is -0.368 e. The van der Waals surface area contributed by atoms with Crippen LogP contribution in [0.2, 0.25) is 0 Å². The van der Waals surface area contributed by atoms with Crippen molar-refractivity contribution in [1.82, 2.24) is 14.3 Å². The fourth-order valence-electron chi connectivity index (χ4n) is 3.66. The second-order valence-electron chi connectivity index (χ2n) is 6.81. The largest absolute Gasteiger partial charge is 0.368 e. The maximum absolute atomic E-state index is 13.2. The average molecular weight is 348 g/mol. The number of anilines is 1. The predicted octanol–water partition coefficient (Wildman–Crippen LogP) is 3.17. The smallest absolute Gasteiger partial charge is 0.272 e. The molecular weight excluding hydrogens is 324 g/mol. The summed E-state index contributed by atoms with van der Waals surface area (Å²) in [5, 5.41) is 0. The molecule has 1 aromatic carbocycles. The maximum Gasteiger partial charge on any atom is 0.272 e. The van der Waals surface area contributed by atoms with E-state index >= 15 is 0 Å². The van der Waals surface area contributed by atoms with Crippen molar-refractivity contribution in [2.75, 3.05) is 31.1 Å². The van der Waals surface area contributed by atoms with Gasteiger partial charge in [0.15, 0.2) is 0 Å². The van der Waals surface area contributed by atoms with Crippen molar-refractivity contribution in [3.63, 3.8) is 0 Å². The van der Waals surface area contributed by atoms with Gasteiger partial charge in [0.1, 0.15) is 11.3 Å². The van der Waals surface area contributed by atoms with Gasteiger partial charge in [0.2, 0.25) is 0 Å². The molecule has 3 heterocycles. The summed E-state index contributed by atoms with van der Waals surface area (Å²) in [6.07, 6.45) is 2.68. The molecule has 1 aliphatic rings. The van der Waals surface area contributed by atoms with Gasteiger partial charge in [0, 0.05) is 38.1 Å². The zero-order valence-corrected chi connectivity index (χ0v) is 15.4. The summed E-state index contributed by atoms with van der Waals surface area (Å²) in [5.41, 5.74) is 4.93. The number of fused-ring (bicyclic) bond motifs is 1. The topological polar surface area (TPSA) is 40.9 Å². The summed E-state index contributed by atoms with van der Waals surface area (Å²) < 4.78 is 1.92. The summed E-state index contributed by atoms with van der Waals surface area (Å²) in [5.74, 6) is 0.0874. The number of hydrogen-bond donors (Lipinski definition) is 0. The first kappa shape index (κ1) is 16.6. The van der Waals surface area contributed by atoms with Gasteiger partial charge in [-0.25, -0.2) is 4.98 Å². The quantitative estimate of drug-likeness (QED) is 0.730. The molecule has 0 aliphatic carbocycles. The van der Waals surface area contributed by atoms with E-state index in [1.165, 1.54) is 11.3 Å². The van der Waals surface area contributed by atoms with Gasteiger partial charge in [-0.3, -0.25) is 9.20 Å². The molecule has 0 spiro atoms. The molecule has 0 N–H and O–H groups in total. The Morgan fingerprint density at radius 3 is 2.62 bits per heavy atom. The first-order valence-electron chi connectivity index (χ1n) is 9.24. The number of imidazole rings is 1. The summed E-state index contributed by atoms with van der Waals surface area (Å²) >= 11 is 0. The Morgan fingerprint density at radius 2 is 1.88 bits per heavy atom. The number of aromatic nitrogens is 2. The van der Waals surface area contributed by atoms with E-state index < -0.39 is 0 Å². The van der Waals surface area contributed by atoms with E-state index in [4.69, 9.17) is 0 Å². The Morgan fingerprint density at radius 1 is 1.08 bits per heavy atom. The number of amides is 1. The van der Waals surface area contributed by atoms with E-state index in [9.17, 15) is 4.79 Å². The number of pyridine rings is 1. The molecule has 1 fully saturated rings. The van der Waals surface area contributed by atoms with Crippen molar-refractivity contribution in [3.05, 3.63) is 65.6 Å². The second kappa shape index (κ2) is 6.83. The van der Waals surface area contributed by atoms with Gasteiger partial charge in [-0.2, -0.15) is 0 Å². The first-order chi connectivity index (χ1) is 12.7. The fraction of sp³-hybridized carbons (Fsp3) is 0.333. The average Bonchev–Trinajstić information content (AvgIpc) is 3.06. The van der Waals surface area contributed by atoms with Gasteiger partial charge < -0.3 is 9.80 Å². The molecule has 1 saturated heterocycles. The number of benzene rings is 1. The minimum atomic E-state index is 0.0874. The van der Waals surface area contributed by atoms with Crippen molar-refractivity contribution < 1.29 is 4.79 Å². The van der Waals surface area contributed by atoms with Crippen molar-refractivity contribution in [2.24, 2.45) is 0 Å². The first-order valence-corrected chi connectivity index (χ1v) is 9.24. The third-order valence-electron chi connectivity index (χ3n) is 5.07. The number of carbonyl (C=O) groups excluding carboxylic acids is 1. The van der Waals surface area contributed by atoms with Crippen molar-refractivity contribution in [2.45, 2.75) is 20.3 Å². The van der Waals surface area contributed by atoms with Crippen molar-refractivity contribution >= 4 is 17.2 Å². The van der Waals surface area contributed by atoms with Crippen LogP contribution in [0.25, 0.3) is 5.65 Å². The van der Waals surface area contributed by atoms with Gasteiger partial charge in [0.05, 0.1) is 5.69 Å².